The summed E-state index contributed by atoms with van der Waals surface area (Å²) in [6.07, 6.45) is 0. The molecule has 0 saturated carbocycles. The molecule has 0 heterocycles. The predicted octanol–water partition coefficient (Wildman–Crippen LogP) is 5.76. The lowest BCUT2D eigenvalue weighted by Gasteiger charge is -2.29. The second-order valence-corrected chi connectivity index (χ2v) is 8.61. The van der Waals surface area contributed by atoms with Gasteiger partial charge in [-0.3, -0.25) is 9.59 Å². The summed E-state index contributed by atoms with van der Waals surface area (Å²) in [6, 6.07) is 20.7. The molecular formula is C25H23Cl3N2O3. The Morgan fingerprint density at radius 3 is 2.33 bits per heavy atom. The fourth-order valence-electron chi connectivity index (χ4n) is 3.14. The molecule has 2 amide bonds. The lowest BCUT2D eigenvalue weighted by Crippen LogP contribution is -2.48. The predicted molar refractivity (Wildman–Crippen MR) is 132 cm³/mol. The van der Waals surface area contributed by atoms with Crippen molar-refractivity contribution in [2.24, 2.45) is 0 Å². The van der Waals surface area contributed by atoms with Crippen molar-refractivity contribution >= 4 is 46.6 Å². The van der Waals surface area contributed by atoms with E-state index in [0.717, 1.165) is 11.1 Å². The number of nitrogens with one attached hydrogen (secondary N) is 1. The third-order valence-corrected chi connectivity index (χ3v) is 5.92. The average molecular weight is 506 g/mol. The highest BCUT2D eigenvalue weighted by Gasteiger charge is 2.26. The lowest BCUT2D eigenvalue weighted by atomic mass is 10.1. The number of nitrogens with zero attached hydrogens (tertiary/aromatic N) is 1. The number of halogens is 3. The summed E-state index contributed by atoms with van der Waals surface area (Å²) in [5.74, 6) is -0.254. The van der Waals surface area contributed by atoms with Gasteiger partial charge < -0.3 is 15.0 Å². The highest BCUT2D eigenvalue weighted by molar-refractivity contribution is 6.35. The Bertz CT molecular complexity index is 1110. The van der Waals surface area contributed by atoms with Gasteiger partial charge in [-0.05, 0) is 42.3 Å². The quantitative estimate of drug-likeness (QED) is 0.402. The number of carbonyl (C=O) groups excluding carboxylic acids is 2. The Hall–Kier alpha value is -2.73. The van der Waals surface area contributed by atoms with E-state index >= 15 is 0 Å². The lowest BCUT2D eigenvalue weighted by molar-refractivity contribution is -0.142. The maximum absolute atomic E-state index is 13.1. The van der Waals surface area contributed by atoms with Crippen LogP contribution in [0, 0.1) is 0 Å². The van der Waals surface area contributed by atoms with Crippen LogP contribution in [-0.2, 0) is 22.7 Å². The fraction of sp³-hybridized carbons (Fsp3) is 0.200. The van der Waals surface area contributed by atoms with E-state index in [1.807, 2.05) is 30.3 Å². The molecule has 0 bridgehead atoms. The van der Waals surface area contributed by atoms with E-state index in [9.17, 15) is 9.59 Å². The standard InChI is InChI=1S/C25H23Cl3N2O3/c1-17(25(32)29-14-19-11-12-20(26)13-22(19)28)30(15-18-7-3-2-4-8-18)24(31)16-33-23-10-6-5-9-21(23)27/h2-13,17H,14-16H2,1H3,(H,29,32). The first kappa shape index (κ1) is 24.9. The summed E-state index contributed by atoms with van der Waals surface area (Å²) in [7, 11) is 0. The molecule has 3 aromatic carbocycles. The largest absolute Gasteiger partial charge is 0.482 e. The second-order valence-electron chi connectivity index (χ2n) is 7.36. The zero-order valence-electron chi connectivity index (χ0n) is 17.9. The Morgan fingerprint density at radius 2 is 1.64 bits per heavy atom. The van der Waals surface area contributed by atoms with Crippen molar-refractivity contribution in [1.29, 1.82) is 0 Å². The van der Waals surface area contributed by atoms with Crippen LogP contribution in [0.5, 0.6) is 5.75 Å². The molecular weight excluding hydrogens is 483 g/mol. The van der Waals surface area contributed by atoms with Crippen molar-refractivity contribution in [3.05, 3.63) is 99.0 Å². The Kier molecular flexibility index (Phi) is 9.01. The van der Waals surface area contributed by atoms with E-state index < -0.39 is 6.04 Å². The molecule has 0 spiro atoms. The van der Waals surface area contributed by atoms with Crippen LogP contribution in [0.3, 0.4) is 0 Å². The van der Waals surface area contributed by atoms with Gasteiger partial charge in [0.05, 0.1) is 5.02 Å². The fourth-order valence-corrected chi connectivity index (χ4v) is 3.81. The summed E-state index contributed by atoms with van der Waals surface area (Å²) < 4.78 is 5.62. The Labute approximate surface area is 208 Å². The smallest absolute Gasteiger partial charge is 0.261 e. The number of ether oxygens (including phenoxy) is 1. The Morgan fingerprint density at radius 1 is 0.939 bits per heavy atom. The molecule has 0 aliphatic carbocycles. The molecule has 0 fully saturated rings. The van der Waals surface area contributed by atoms with Crippen molar-refractivity contribution in [1.82, 2.24) is 10.2 Å². The Balaban J connectivity index is 1.70. The van der Waals surface area contributed by atoms with Gasteiger partial charge >= 0.3 is 0 Å². The number of hydrogen-bond donors (Lipinski definition) is 1. The van der Waals surface area contributed by atoms with Crippen LogP contribution >= 0.6 is 34.8 Å². The number of carbonyl (C=O) groups is 2. The first-order chi connectivity index (χ1) is 15.8. The topological polar surface area (TPSA) is 58.6 Å². The van der Waals surface area contributed by atoms with Gasteiger partial charge in [-0.2, -0.15) is 0 Å². The SMILES string of the molecule is CC(C(=O)NCc1ccc(Cl)cc1Cl)N(Cc1ccccc1)C(=O)COc1ccccc1Cl. The van der Waals surface area contributed by atoms with E-state index in [1.165, 1.54) is 4.90 Å². The number of hydrogen-bond acceptors (Lipinski definition) is 3. The van der Waals surface area contributed by atoms with Crippen LogP contribution in [-0.4, -0.2) is 29.4 Å². The van der Waals surface area contributed by atoms with Gasteiger partial charge in [-0.25, -0.2) is 0 Å². The van der Waals surface area contributed by atoms with Crippen molar-refractivity contribution < 1.29 is 14.3 Å². The van der Waals surface area contributed by atoms with Crippen molar-refractivity contribution in [2.75, 3.05) is 6.61 Å². The average Bonchev–Trinajstić information content (AvgIpc) is 2.81. The third kappa shape index (κ3) is 7.13. The van der Waals surface area contributed by atoms with Gasteiger partial charge in [0.1, 0.15) is 11.8 Å². The molecule has 0 radical (unpaired) electrons. The van der Waals surface area contributed by atoms with Gasteiger partial charge in [0, 0.05) is 23.1 Å². The highest BCUT2D eigenvalue weighted by Crippen LogP contribution is 2.23. The van der Waals surface area contributed by atoms with Gasteiger partial charge in [0.15, 0.2) is 6.61 Å². The summed E-state index contributed by atoms with van der Waals surface area (Å²) in [5.41, 5.74) is 1.62. The maximum atomic E-state index is 13.1. The zero-order valence-corrected chi connectivity index (χ0v) is 20.2. The van der Waals surface area contributed by atoms with Crippen molar-refractivity contribution in [3.63, 3.8) is 0 Å². The molecule has 3 aromatic rings. The molecule has 0 aliphatic rings. The van der Waals surface area contributed by atoms with Crippen LogP contribution in [0.15, 0.2) is 72.8 Å². The van der Waals surface area contributed by atoms with Crippen LogP contribution in [0.4, 0.5) is 0 Å². The minimum atomic E-state index is -0.751. The molecule has 0 saturated heterocycles. The minimum Gasteiger partial charge on any atom is -0.482 e. The van der Waals surface area contributed by atoms with Gasteiger partial charge in [0.2, 0.25) is 5.91 Å². The summed E-state index contributed by atoms with van der Waals surface area (Å²) in [4.78, 5) is 27.5. The van der Waals surface area contributed by atoms with Crippen molar-refractivity contribution in [3.8, 4) is 5.75 Å². The van der Waals surface area contributed by atoms with Gasteiger partial charge in [-0.1, -0.05) is 83.3 Å². The van der Waals surface area contributed by atoms with Crippen LogP contribution < -0.4 is 10.1 Å². The minimum absolute atomic E-state index is 0.211. The second kappa shape index (κ2) is 11.9. The van der Waals surface area contributed by atoms with Crippen LogP contribution in [0.1, 0.15) is 18.1 Å². The van der Waals surface area contributed by atoms with E-state index in [1.54, 1.807) is 49.4 Å². The maximum Gasteiger partial charge on any atom is 0.261 e. The van der Waals surface area contributed by atoms with E-state index in [4.69, 9.17) is 39.5 Å². The van der Waals surface area contributed by atoms with Crippen molar-refractivity contribution in [2.45, 2.75) is 26.1 Å². The molecule has 33 heavy (non-hydrogen) atoms. The molecule has 8 heteroatoms. The highest BCUT2D eigenvalue weighted by atomic mass is 35.5. The van der Waals surface area contributed by atoms with Crippen LogP contribution in [0.2, 0.25) is 15.1 Å². The summed E-state index contributed by atoms with van der Waals surface area (Å²) in [5, 5.41) is 4.22. The van der Waals surface area contributed by atoms with E-state index in [0.29, 0.717) is 20.8 Å². The van der Waals surface area contributed by atoms with E-state index in [2.05, 4.69) is 5.32 Å². The first-order valence-corrected chi connectivity index (χ1v) is 11.4. The number of benzene rings is 3. The van der Waals surface area contributed by atoms with E-state index in [-0.39, 0.29) is 31.5 Å². The number of para-hydroxylation sites is 1. The molecule has 0 aromatic heterocycles. The van der Waals surface area contributed by atoms with Crippen LogP contribution in [0.25, 0.3) is 0 Å². The number of rotatable bonds is 9. The molecule has 1 atom stereocenters. The molecule has 1 N–H and O–H groups in total. The third-order valence-electron chi connectivity index (χ3n) is 5.02. The normalized spacial score (nSPS) is 11.5. The molecule has 0 aliphatic heterocycles. The zero-order chi connectivity index (χ0) is 23.8. The summed E-state index contributed by atoms with van der Waals surface area (Å²) >= 11 is 18.2. The summed E-state index contributed by atoms with van der Waals surface area (Å²) in [6.45, 7) is 1.89. The molecule has 3 rings (SSSR count). The first-order valence-electron chi connectivity index (χ1n) is 10.3. The molecule has 172 valence electrons. The molecule has 5 nitrogen and oxygen atoms in total. The molecule has 1 unspecified atom stereocenters. The number of amides is 2. The monoisotopic (exact) mass is 504 g/mol. The van der Waals surface area contributed by atoms with Gasteiger partial charge in [-0.15, -0.1) is 0 Å². The van der Waals surface area contributed by atoms with Gasteiger partial charge in [0.25, 0.3) is 5.91 Å².